The molecular weight excluding hydrogens is 306 g/mol. The van der Waals surface area contributed by atoms with Crippen molar-refractivity contribution in [2.45, 2.75) is 43.3 Å². The predicted octanol–water partition coefficient (Wildman–Crippen LogP) is 2.27. The van der Waals surface area contributed by atoms with Gasteiger partial charge in [0, 0.05) is 31.0 Å². The number of hydrogen-bond donors (Lipinski definition) is 1. The average Bonchev–Trinajstić information content (AvgIpc) is 2.91. The van der Waals surface area contributed by atoms with Gasteiger partial charge in [0.2, 0.25) is 5.91 Å². The maximum Gasteiger partial charge on any atom is 0.223 e. The van der Waals surface area contributed by atoms with Crippen molar-refractivity contribution in [1.29, 1.82) is 0 Å². The monoisotopic (exact) mass is 331 g/mol. The van der Waals surface area contributed by atoms with Crippen LogP contribution in [0.3, 0.4) is 0 Å². The number of ether oxygens (including phenoxy) is 2. The molecule has 0 aromatic heterocycles. The number of likely N-dealkylation sites (N-methyl/N-ethyl adjacent to an activating group) is 1. The van der Waals surface area contributed by atoms with Gasteiger partial charge in [0.15, 0.2) is 11.5 Å². The summed E-state index contributed by atoms with van der Waals surface area (Å²) >= 11 is 0. The van der Waals surface area contributed by atoms with Gasteiger partial charge in [-0.15, -0.1) is 6.58 Å². The van der Waals surface area contributed by atoms with Gasteiger partial charge in [-0.2, -0.15) is 0 Å². The van der Waals surface area contributed by atoms with Gasteiger partial charge < -0.3 is 19.5 Å². The summed E-state index contributed by atoms with van der Waals surface area (Å²) in [5, 5.41) is 10.5. The first-order valence-corrected chi connectivity index (χ1v) is 8.40. The number of methoxy groups -OCH3 is 1. The van der Waals surface area contributed by atoms with E-state index in [1.807, 2.05) is 18.2 Å². The van der Waals surface area contributed by atoms with Crippen molar-refractivity contribution in [3.8, 4) is 11.5 Å². The van der Waals surface area contributed by atoms with E-state index in [0.29, 0.717) is 30.9 Å². The molecule has 5 nitrogen and oxygen atoms in total. The minimum absolute atomic E-state index is 0.0354. The number of aliphatic hydroxyl groups excluding tert-OH is 1. The molecule has 1 aliphatic carbocycles. The second-order valence-corrected chi connectivity index (χ2v) is 6.73. The first-order chi connectivity index (χ1) is 11.5. The highest BCUT2D eigenvalue weighted by atomic mass is 16.5. The van der Waals surface area contributed by atoms with Gasteiger partial charge in [0.05, 0.1) is 13.2 Å². The zero-order chi connectivity index (χ0) is 17.3. The van der Waals surface area contributed by atoms with Gasteiger partial charge in [0.25, 0.3) is 0 Å². The van der Waals surface area contributed by atoms with Crippen LogP contribution in [0.5, 0.6) is 11.5 Å². The highest BCUT2D eigenvalue weighted by Crippen LogP contribution is 2.55. The fourth-order valence-electron chi connectivity index (χ4n) is 4.07. The van der Waals surface area contributed by atoms with Crippen LogP contribution < -0.4 is 9.47 Å². The smallest absolute Gasteiger partial charge is 0.223 e. The van der Waals surface area contributed by atoms with Gasteiger partial charge in [-0.05, 0) is 25.3 Å². The molecule has 1 N–H and O–H groups in total. The minimum Gasteiger partial charge on any atom is -0.493 e. The molecular formula is C19H25NO4. The summed E-state index contributed by atoms with van der Waals surface area (Å²) in [6, 6.07) is 5.77. The maximum absolute atomic E-state index is 12.7. The quantitative estimate of drug-likeness (QED) is 0.841. The second kappa shape index (κ2) is 6.48. The van der Waals surface area contributed by atoms with Gasteiger partial charge in [-0.3, -0.25) is 4.79 Å². The molecule has 1 fully saturated rings. The SMILES string of the molecule is C=CCN(C)C(=O)C[C@@]12CCC[C@@H](O)[C@@H]1Oc1c(OC)cccc12. The molecule has 1 saturated carbocycles. The van der Waals surface area contributed by atoms with Crippen molar-refractivity contribution >= 4 is 5.91 Å². The zero-order valence-corrected chi connectivity index (χ0v) is 14.3. The van der Waals surface area contributed by atoms with Gasteiger partial charge in [-0.25, -0.2) is 0 Å². The molecule has 0 spiro atoms. The van der Waals surface area contributed by atoms with E-state index in [1.54, 1.807) is 25.1 Å². The van der Waals surface area contributed by atoms with Crippen LogP contribution in [0.1, 0.15) is 31.2 Å². The summed E-state index contributed by atoms with van der Waals surface area (Å²) in [7, 11) is 3.38. The summed E-state index contributed by atoms with van der Waals surface area (Å²) in [4.78, 5) is 14.4. The number of benzene rings is 1. The Hall–Kier alpha value is -2.01. The molecule has 5 heteroatoms. The van der Waals surface area contributed by atoms with Gasteiger partial charge in [0.1, 0.15) is 6.10 Å². The van der Waals surface area contributed by atoms with E-state index in [1.165, 1.54) is 0 Å². The number of carbonyl (C=O) groups excluding carboxylic acids is 1. The Bertz CT molecular complexity index is 644. The standard InChI is InChI=1S/C19H25NO4/c1-4-11-20(2)16(22)12-19-10-6-8-14(21)18(19)24-17-13(19)7-5-9-15(17)23-3/h4-5,7,9,14,18,21H,1,6,8,10-12H2,2-3H3/t14-,18+,19-/m1/s1. The number of fused-ring (bicyclic) bond motifs is 3. The van der Waals surface area contributed by atoms with Gasteiger partial charge >= 0.3 is 0 Å². The van der Waals surface area contributed by atoms with Gasteiger partial charge in [-0.1, -0.05) is 18.2 Å². The third kappa shape index (κ3) is 2.57. The van der Waals surface area contributed by atoms with E-state index in [0.717, 1.165) is 18.4 Å². The van der Waals surface area contributed by atoms with E-state index in [2.05, 4.69) is 6.58 Å². The normalized spacial score (nSPS) is 27.6. The molecule has 0 saturated heterocycles. The number of amides is 1. The third-order valence-corrected chi connectivity index (χ3v) is 5.29. The Morgan fingerprint density at radius 2 is 2.38 bits per heavy atom. The number of aliphatic hydroxyl groups is 1. The molecule has 1 aliphatic heterocycles. The first-order valence-electron chi connectivity index (χ1n) is 8.40. The highest BCUT2D eigenvalue weighted by molar-refractivity contribution is 5.79. The summed E-state index contributed by atoms with van der Waals surface area (Å²) in [6.07, 6.45) is 3.44. The Morgan fingerprint density at radius 1 is 1.58 bits per heavy atom. The molecule has 0 radical (unpaired) electrons. The zero-order valence-electron chi connectivity index (χ0n) is 14.3. The van der Waals surface area contributed by atoms with Crippen molar-refractivity contribution in [2.75, 3.05) is 20.7 Å². The van der Waals surface area contributed by atoms with Crippen molar-refractivity contribution in [3.05, 3.63) is 36.4 Å². The van der Waals surface area contributed by atoms with E-state index in [-0.39, 0.29) is 5.91 Å². The number of carbonyl (C=O) groups is 1. The lowest BCUT2D eigenvalue weighted by Crippen LogP contribution is -2.51. The van der Waals surface area contributed by atoms with Crippen LogP contribution in [-0.4, -0.2) is 48.8 Å². The molecule has 1 aromatic carbocycles. The highest BCUT2D eigenvalue weighted by Gasteiger charge is 2.55. The fraction of sp³-hybridized carbons (Fsp3) is 0.526. The van der Waals surface area contributed by atoms with E-state index in [4.69, 9.17) is 9.47 Å². The molecule has 1 heterocycles. The summed E-state index contributed by atoms with van der Waals surface area (Å²) in [5.41, 5.74) is 0.486. The lowest BCUT2D eigenvalue weighted by molar-refractivity contribution is -0.133. The van der Waals surface area contributed by atoms with Crippen LogP contribution in [-0.2, 0) is 10.2 Å². The van der Waals surface area contributed by atoms with Crippen molar-refractivity contribution in [1.82, 2.24) is 4.90 Å². The number of nitrogens with zero attached hydrogens (tertiary/aromatic N) is 1. The van der Waals surface area contributed by atoms with Crippen molar-refractivity contribution in [3.63, 3.8) is 0 Å². The van der Waals surface area contributed by atoms with E-state index < -0.39 is 17.6 Å². The molecule has 1 amide bonds. The molecule has 2 aliphatic rings. The predicted molar refractivity (Wildman–Crippen MR) is 91.4 cm³/mol. The second-order valence-electron chi connectivity index (χ2n) is 6.73. The van der Waals surface area contributed by atoms with Crippen LogP contribution in [0.2, 0.25) is 0 Å². The molecule has 3 rings (SSSR count). The summed E-state index contributed by atoms with van der Waals surface area (Å²) in [6.45, 7) is 4.20. The molecule has 24 heavy (non-hydrogen) atoms. The number of hydrogen-bond acceptors (Lipinski definition) is 4. The number of para-hydroxylation sites is 1. The van der Waals surface area contributed by atoms with Crippen LogP contribution >= 0.6 is 0 Å². The largest absolute Gasteiger partial charge is 0.493 e. The topological polar surface area (TPSA) is 59.0 Å². The lowest BCUT2D eigenvalue weighted by atomic mass is 9.65. The Balaban J connectivity index is 2.01. The Morgan fingerprint density at radius 3 is 3.08 bits per heavy atom. The van der Waals surface area contributed by atoms with E-state index in [9.17, 15) is 9.90 Å². The van der Waals surface area contributed by atoms with Crippen molar-refractivity contribution < 1.29 is 19.4 Å². The maximum atomic E-state index is 12.7. The minimum atomic E-state index is -0.576. The first kappa shape index (κ1) is 16.8. The molecule has 0 unspecified atom stereocenters. The van der Waals surface area contributed by atoms with Crippen molar-refractivity contribution in [2.24, 2.45) is 0 Å². The Kier molecular flexibility index (Phi) is 4.54. The van der Waals surface area contributed by atoms with Crippen LogP contribution in [0.15, 0.2) is 30.9 Å². The number of rotatable bonds is 5. The summed E-state index contributed by atoms with van der Waals surface area (Å²) in [5.74, 6) is 1.36. The molecule has 130 valence electrons. The molecule has 3 atom stereocenters. The molecule has 0 bridgehead atoms. The summed E-state index contributed by atoms with van der Waals surface area (Å²) < 4.78 is 11.5. The Labute approximate surface area is 142 Å². The van der Waals surface area contributed by atoms with Crippen LogP contribution in [0.25, 0.3) is 0 Å². The lowest BCUT2D eigenvalue weighted by Gasteiger charge is -2.41. The third-order valence-electron chi connectivity index (χ3n) is 5.29. The van der Waals surface area contributed by atoms with Crippen LogP contribution in [0.4, 0.5) is 0 Å². The molecule has 1 aromatic rings. The van der Waals surface area contributed by atoms with Crippen LogP contribution in [0, 0.1) is 0 Å². The average molecular weight is 331 g/mol. The van der Waals surface area contributed by atoms with E-state index >= 15 is 0 Å². The fourth-order valence-corrected chi connectivity index (χ4v) is 4.07.